The van der Waals surface area contributed by atoms with Gasteiger partial charge in [0.1, 0.15) is 21.9 Å². The molecule has 2 aromatic heterocycles. The maximum absolute atomic E-state index is 14.1. The van der Waals surface area contributed by atoms with Crippen molar-refractivity contribution in [2.45, 2.75) is 76.0 Å². The molecule has 0 bridgehead atoms. The zero-order valence-electron chi connectivity index (χ0n) is 25.3. The average Bonchev–Trinajstić information content (AvgIpc) is 3.77. The zero-order chi connectivity index (χ0) is 32.1. The molecule has 2 aromatic carbocycles. The number of carbonyl (C=O) groups is 1. The van der Waals surface area contributed by atoms with Gasteiger partial charge >= 0.3 is 0 Å². The third-order valence-electron chi connectivity index (χ3n) is 9.20. The topological polar surface area (TPSA) is 126 Å². The number of anilines is 1. The van der Waals surface area contributed by atoms with E-state index in [9.17, 15) is 27.1 Å². The van der Waals surface area contributed by atoms with Crippen LogP contribution in [0.2, 0.25) is 0 Å². The Morgan fingerprint density at radius 1 is 1.13 bits per heavy atom. The summed E-state index contributed by atoms with van der Waals surface area (Å²) < 4.78 is 65.5. The van der Waals surface area contributed by atoms with Crippen molar-refractivity contribution in [3.8, 4) is 11.3 Å². The summed E-state index contributed by atoms with van der Waals surface area (Å²) >= 11 is 0. The molecule has 6 rings (SSSR count). The van der Waals surface area contributed by atoms with Crippen LogP contribution in [0.5, 0.6) is 0 Å². The summed E-state index contributed by atoms with van der Waals surface area (Å²) in [5.74, 6) is -2.39. The first-order valence-corrected chi connectivity index (χ1v) is 16.6. The monoisotopic (exact) mass is 638 g/mol. The maximum atomic E-state index is 14.1. The van der Waals surface area contributed by atoms with Crippen molar-refractivity contribution in [3.05, 3.63) is 88.9 Å². The van der Waals surface area contributed by atoms with Crippen LogP contribution in [0.15, 0.2) is 64.0 Å². The highest BCUT2D eigenvalue weighted by Gasteiger charge is 2.43. The quantitative estimate of drug-likeness (QED) is 0.209. The highest BCUT2D eigenvalue weighted by molar-refractivity contribution is 7.89. The molecule has 1 amide bonds. The second kappa shape index (κ2) is 11.8. The Bertz CT molecular complexity index is 1850. The Kier molecular flexibility index (Phi) is 8.17. The van der Waals surface area contributed by atoms with Gasteiger partial charge < -0.3 is 19.5 Å². The van der Waals surface area contributed by atoms with Gasteiger partial charge in [-0.05, 0) is 69.9 Å². The van der Waals surface area contributed by atoms with Crippen molar-refractivity contribution in [1.29, 1.82) is 0 Å². The lowest BCUT2D eigenvalue weighted by Gasteiger charge is -2.30. The third kappa shape index (κ3) is 5.94. The molecular weight excluding hydrogens is 602 g/mol. The van der Waals surface area contributed by atoms with Crippen LogP contribution in [0.1, 0.15) is 67.0 Å². The Hall–Kier alpha value is -3.87. The molecule has 1 fully saturated rings. The molecule has 238 valence electrons. The van der Waals surface area contributed by atoms with E-state index in [-0.39, 0.29) is 34.5 Å². The van der Waals surface area contributed by atoms with E-state index < -0.39 is 39.2 Å². The summed E-state index contributed by atoms with van der Waals surface area (Å²) in [4.78, 5) is 13.4. The number of carbonyl (C=O) groups excluding carboxylic acids is 1. The van der Waals surface area contributed by atoms with Crippen molar-refractivity contribution < 1.29 is 31.6 Å². The lowest BCUT2D eigenvalue weighted by atomic mass is 9.85. The first kappa shape index (κ1) is 31.1. The molecule has 9 nitrogen and oxygen atoms in total. The van der Waals surface area contributed by atoms with E-state index in [1.54, 1.807) is 24.5 Å². The van der Waals surface area contributed by atoms with Crippen LogP contribution in [-0.4, -0.2) is 35.2 Å². The predicted octanol–water partition coefficient (Wildman–Crippen LogP) is 5.92. The molecule has 2 aliphatic rings. The summed E-state index contributed by atoms with van der Waals surface area (Å²) in [6.07, 6.45) is 2.89. The number of nitrogens with one attached hydrogen (secondary N) is 2. The second-order valence-electron chi connectivity index (χ2n) is 12.5. The van der Waals surface area contributed by atoms with E-state index in [1.165, 1.54) is 6.07 Å². The van der Waals surface area contributed by atoms with Crippen molar-refractivity contribution >= 4 is 21.6 Å². The maximum Gasteiger partial charge on any atom is 0.272 e. The number of nitrogens with zero attached hydrogens (tertiary/aromatic N) is 2. The largest absolute Gasteiger partial charge is 0.384 e. The first-order valence-electron chi connectivity index (χ1n) is 15.1. The molecule has 1 saturated carbocycles. The van der Waals surface area contributed by atoms with Gasteiger partial charge in [-0.2, -0.15) is 0 Å². The van der Waals surface area contributed by atoms with E-state index in [1.807, 2.05) is 37.3 Å². The van der Waals surface area contributed by atoms with E-state index in [0.717, 1.165) is 24.1 Å². The summed E-state index contributed by atoms with van der Waals surface area (Å²) in [7, 11) is -4.09. The van der Waals surface area contributed by atoms with Gasteiger partial charge in [0.25, 0.3) is 5.91 Å². The van der Waals surface area contributed by atoms with Crippen LogP contribution < -0.4 is 10.0 Å². The molecule has 4 aromatic rings. The van der Waals surface area contributed by atoms with Crippen LogP contribution in [0.4, 0.5) is 14.5 Å². The number of aliphatic hydroxyl groups is 1. The van der Waals surface area contributed by atoms with Crippen LogP contribution in [0.25, 0.3) is 11.3 Å². The summed E-state index contributed by atoms with van der Waals surface area (Å²) in [6.45, 7) is 5.70. The Balaban J connectivity index is 1.24. The van der Waals surface area contributed by atoms with Crippen LogP contribution in [0.3, 0.4) is 0 Å². The number of halogens is 2. The van der Waals surface area contributed by atoms with Gasteiger partial charge in [-0.15, -0.1) is 0 Å². The molecule has 4 atom stereocenters. The minimum atomic E-state index is -4.09. The second-order valence-corrected chi connectivity index (χ2v) is 14.1. The lowest BCUT2D eigenvalue weighted by molar-refractivity contribution is 0.0200. The van der Waals surface area contributed by atoms with Crippen molar-refractivity contribution in [2.24, 2.45) is 11.8 Å². The molecule has 3 heterocycles. The fraction of sp³-hybridized carbons (Fsp3) is 0.394. The van der Waals surface area contributed by atoms with Crippen LogP contribution in [0, 0.1) is 30.4 Å². The zero-order valence-corrected chi connectivity index (χ0v) is 26.1. The fourth-order valence-corrected chi connectivity index (χ4v) is 8.88. The summed E-state index contributed by atoms with van der Waals surface area (Å²) in [6, 6.07) is 13.8. The van der Waals surface area contributed by atoms with Crippen LogP contribution in [-0.2, 0) is 28.6 Å². The minimum absolute atomic E-state index is 0.00451. The summed E-state index contributed by atoms with van der Waals surface area (Å²) in [5.41, 5.74) is 0.913. The molecule has 0 radical (unpaired) electrons. The van der Waals surface area contributed by atoms with Gasteiger partial charge in [-0.25, -0.2) is 21.9 Å². The van der Waals surface area contributed by atoms with E-state index in [0.29, 0.717) is 48.5 Å². The number of sulfonamides is 1. The molecule has 12 heteroatoms. The van der Waals surface area contributed by atoms with E-state index in [4.69, 9.17) is 4.52 Å². The fourth-order valence-electron chi connectivity index (χ4n) is 6.96. The van der Waals surface area contributed by atoms with Crippen molar-refractivity contribution in [3.63, 3.8) is 0 Å². The highest BCUT2D eigenvalue weighted by Crippen LogP contribution is 2.41. The average molecular weight is 639 g/mol. The molecule has 45 heavy (non-hydrogen) atoms. The SMILES string of the molecule is Cc1c(S(=O)(=O)NC2C(C)CCC2CC(C)(O)c2cc(-c3ccccc3)on2)c2n(c1C(=O)Nc1ccc(F)c(F)c1)CCC2. The molecule has 0 saturated heterocycles. The lowest BCUT2D eigenvalue weighted by Crippen LogP contribution is -2.43. The number of amides is 1. The Morgan fingerprint density at radius 2 is 1.89 bits per heavy atom. The number of benzene rings is 2. The van der Waals surface area contributed by atoms with Gasteiger partial charge in [0.15, 0.2) is 17.4 Å². The molecule has 3 N–H and O–H groups in total. The smallest absolute Gasteiger partial charge is 0.272 e. The molecular formula is C33H36F2N4O5S. The molecule has 1 aliphatic carbocycles. The predicted molar refractivity (Wildman–Crippen MR) is 164 cm³/mol. The summed E-state index contributed by atoms with van der Waals surface area (Å²) in [5, 5.41) is 18.2. The van der Waals surface area contributed by atoms with Gasteiger partial charge in [-0.1, -0.05) is 42.4 Å². The number of fused-ring (bicyclic) bond motifs is 1. The minimum Gasteiger partial charge on any atom is -0.384 e. The number of rotatable bonds is 9. The van der Waals surface area contributed by atoms with Crippen LogP contribution >= 0.6 is 0 Å². The number of hydrogen-bond donors (Lipinski definition) is 3. The van der Waals surface area contributed by atoms with Crippen molar-refractivity contribution in [2.75, 3.05) is 5.32 Å². The van der Waals surface area contributed by atoms with Gasteiger partial charge in [0.05, 0.1) is 0 Å². The third-order valence-corrected chi connectivity index (χ3v) is 10.9. The molecule has 4 unspecified atom stereocenters. The Morgan fingerprint density at radius 3 is 2.62 bits per heavy atom. The van der Waals surface area contributed by atoms with E-state index in [2.05, 4.69) is 15.2 Å². The highest BCUT2D eigenvalue weighted by atomic mass is 32.2. The van der Waals surface area contributed by atoms with Crippen molar-refractivity contribution in [1.82, 2.24) is 14.4 Å². The van der Waals surface area contributed by atoms with Gasteiger partial charge in [0.2, 0.25) is 10.0 Å². The van der Waals surface area contributed by atoms with Gasteiger partial charge in [-0.3, -0.25) is 4.79 Å². The number of hydrogen-bond acceptors (Lipinski definition) is 6. The Labute approximate surface area is 260 Å². The normalized spacial score (nSPS) is 21.1. The first-order chi connectivity index (χ1) is 21.4. The molecule has 0 spiro atoms. The standard InChI is InChI=1S/C33H36F2N4O5S/c1-19-11-12-22(18-33(3,41)28-17-27(44-37-28)21-8-5-4-6-9-21)29(19)38-45(42,43)31-20(2)30(39-15-7-10-26(31)39)32(40)36-23-13-14-24(34)25(35)16-23/h4-6,8-9,13-14,16-17,19,22,29,38,41H,7,10-12,15,18H2,1-3H3,(H,36,40). The number of aromatic nitrogens is 2. The van der Waals surface area contributed by atoms with Gasteiger partial charge in [0, 0.05) is 47.2 Å². The van der Waals surface area contributed by atoms with E-state index >= 15 is 0 Å². The molecule has 1 aliphatic heterocycles.